The van der Waals surface area contributed by atoms with Crippen LogP contribution in [0.3, 0.4) is 0 Å². The molecule has 27 heavy (non-hydrogen) atoms. The van der Waals surface area contributed by atoms with Crippen LogP contribution in [0.25, 0.3) is 11.4 Å². The Morgan fingerprint density at radius 1 is 1.48 bits per heavy atom. The third kappa shape index (κ3) is 3.89. The van der Waals surface area contributed by atoms with Gasteiger partial charge in [0.1, 0.15) is 23.4 Å². The summed E-state index contributed by atoms with van der Waals surface area (Å²) in [5.74, 6) is -1.32. The first kappa shape index (κ1) is 18.4. The fraction of sp³-hybridized carbons (Fsp3) is 0.294. The second-order valence-electron chi connectivity index (χ2n) is 5.85. The van der Waals surface area contributed by atoms with E-state index in [1.165, 1.54) is 37.3 Å². The molecule has 142 valence electrons. The van der Waals surface area contributed by atoms with E-state index in [1.807, 2.05) is 0 Å². The van der Waals surface area contributed by atoms with Crippen LogP contribution in [0.1, 0.15) is 17.4 Å². The van der Waals surface area contributed by atoms with Crippen LogP contribution in [0.4, 0.5) is 14.9 Å². The lowest BCUT2D eigenvalue weighted by Crippen LogP contribution is -2.33. The number of aromatic nitrogens is 2. The molecule has 0 radical (unpaired) electrons. The molecule has 1 saturated heterocycles. The summed E-state index contributed by atoms with van der Waals surface area (Å²) in [4.78, 5) is 42.4. The second kappa shape index (κ2) is 7.44. The summed E-state index contributed by atoms with van der Waals surface area (Å²) in [6, 6.07) is 4.16. The molecule has 0 spiro atoms. The predicted molar refractivity (Wildman–Crippen MR) is 91.6 cm³/mol. The molecule has 1 aromatic carbocycles. The van der Waals surface area contributed by atoms with Gasteiger partial charge in [-0.1, -0.05) is 0 Å². The number of esters is 1. The number of nitrogens with one attached hydrogen (secondary N) is 2. The predicted octanol–water partition coefficient (Wildman–Crippen LogP) is 1.46. The number of hydrogen-bond donors (Lipinski definition) is 2. The Bertz CT molecular complexity index is 897. The third-order valence-corrected chi connectivity index (χ3v) is 3.95. The topological polar surface area (TPSA) is 114 Å². The van der Waals surface area contributed by atoms with Gasteiger partial charge in [0, 0.05) is 6.92 Å². The molecule has 2 amide bonds. The number of ether oxygens (including phenoxy) is 2. The number of nitrogens with zero attached hydrogens (tertiary/aromatic N) is 2. The van der Waals surface area contributed by atoms with Crippen LogP contribution in [-0.2, 0) is 14.3 Å². The Morgan fingerprint density at radius 2 is 2.26 bits per heavy atom. The standard InChI is InChI=1S/C17H17FN4O5/c1-9(23)19-6-11-8-22(17(25)27-11)10-3-4-12(13(18)5-10)15-20-7-14(21-15)16(24)26-2/h3-5,7,11H,6,8H2,1-2H3,(H,19,23)(H,20,21)/t11-/m0/s1. The Morgan fingerprint density at radius 3 is 2.93 bits per heavy atom. The maximum Gasteiger partial charge on any atom is 0.414 e. The van der Waals surface area contributed by atoms with Gasteiger partial charge in [-0.05, 0) is 18.2 Å². The summed E-state index contributed by atoms with van der Waals surface area (Å²) in [5.41, 5.74) is 0.544. The minimum absolute atomic E-state index is 0.0971. The van der Waals surface area contributed by atoms with Gasteiger partial charge in [-0.2, -0.15) is 0 Å². The zero-order valence-electron chi connectivity index (χ0n) is 14.6. The maximum absolute atomic E-state index is 14.5. The number of aromatic amines is 1. The highest BCUT2D eigenvalue weighted by molar-refractivity contribution is 5.90. The van der Waals surface area contributed by atoms with Crippen molar-refractivity contribution in [3.8, 4) is 11.4 Å². The third-order valence-electron chi connectivity index (χ3n) is 3.95. The van der Waals surface area contributed by atoms with Gasteiger partial charge in [-0.3, -0.25) is 9.69 Å². The van der Waals surface area contributed by atoms with Gasteiger partial charge in [0.15, 0.2) is 0 Å². The van der Waals surface area contributed by atoms with Crippen molar-refractivity contribution in [3.63, 3.8) is 0 Å². The molecule has 0 saturated carbocycles. The number of halogens is 1. The van der Waals surface area contributed by atoms with E-state index in [-0.39, 0.29) is 36.1 Å². The highest BCUT2D eigenvalue weighted by atomic mass is 19.1. The molecule has 2 heterocycles. The van der Waals surface area contributed by atoms with Gasteiger partial charge in [0.2, 0.25) is 5.91 Å². The zero-order valence-corrected chi connectivity index (χ0v) is 14.6. The number of cyclic esters (lactones) is 1. The van der Waals surface area contributed by atoms with E-state index in [9.17, 15) is 18.8 Å². The second-order valence-corrected chi connectivity index (χ2v) is 5.85. The molecule has 3 rings (SSSR count). The molecule has 1 aromatic heterocycles. The van der Waals surface area contributed by atoms with Crippen molar-refractivity contribution < 1.29 is 28.2 Å². The lowest BCUT2D eigenvalue weighted by Gasteiger charge is -2.14. The maximum atomic E-state index is 14.5. The van der Waals surface area contributed by atoms with Crippen LogP contribution in [0, 0.1) is 5.82 Å². The SMILES string of the molecule is COC(=O)c1cnc(-c2ccc(N3C[C@H](CNC(C)=O)OC3=O)cc2F)[nH]1. The van der Waals surface area contributed by atoms with Gasteiger partial charge >= 0.3 is 12.1 Å². The molecular formula is C17H17FN4O5. The molecule has 10 heteroatoms. The quantitative estimate of drug-likeness (QED) is 0.764. The fourth-order valence-electron chi connectivity index (χ4n) is 2.63. The molecule has 2 N–H and O–H groups in total. The highest BCUT2D eigenvalue weighted by Crippen LogP contribution is 2.27. The van der Waals surface area contributed by atoms with Gasteiger partial charge in [0.05, 0.1) is 37.6 Å². The lowest BCUT2D eigenvalue weighted by atomic mass is 10.1. The van der Waals surface area contributed by atoms with Crippen LogP contribution >= 0.6 is 0 Å². The number of rotatable bonds is 5. The van der Waals surface area contributed by atoms with E-state index < -0.39 is 24.0 Å². The first-order valence-electron chi connectivity index (χ1n) is 8.05. The van der Waals surface area contributed by atoms with Crippen molar-refractivity contribution in [2.75, 3.05) is 25.1 Å². The zero-order chi connectivity index (χ0) is 19.6. The number of carbonyl (C=O) groups excluding carboxylic acids is 3. The van der Waals surface area contributed by atoms with Gasteiger partial charge in [-0.25, -0.2) is 19.0 Å². The average molecular weight is 376 g/mol. The molecule has 1 atom stereocenters. The number of carbonyl (C=O) groups is 3. The Balaban J connectivity index is 1.77. The van der Waals surface area contributed by atoms with E-state index in [4.69, 9.17) is 4.74 Å². The van der Waals surface area contributed by atoms with Gasteiger partial charge in [-0.15, -0.1) is 0 Å². The normalized spacial score (nSPS) is 16.2. The Hall–Kier alpha value is -3.43. The largest absolute Gasteiger partial charge is 0.464 e. The summed E-state index contributed by atoms with van der Waals surface area (Å²) in [5, 5.41) is 2.57. The number of methoxy groups -OCH3 is 1. The summed E-state index contributed by atoms with van der Waals surface area (Å²) in [6.45, 7) is 1.73. The van der Waals surface area contributed by atoms with E-state index in [2.05, 4.69) is 20.0 Å². The van der Waals surface area contributed by atoms with Crippen molar-refractivity contribution in [1.29, 1.82) is 0 Å². The number of amides is 2. The number of imidazole rings is 1. The first-order chi connectivity index (χ1) is 12.9. The molecule has 0 bridgehead atoms. The van der Waals surface area contributed by atoms with E-state index in [0.717, 1.165) is 0 Å². The summed E-state index contributed by atoms with van der Waals surface area (Å²) in [6.07, 6.45) is 0.110. The lowest BCUT2D eigenvalue weighted by molar-refractivity contribution is -0.119. The minimum Gasteiger partial charge on any atom is -0.464 e. The number of hydrogen-bond acceptors (Lipinski definition) is 6. The number of H-pyrrole nitrogens is 1. The highest BCUT2D eigenvalue weighted by Gasteiger charge is 2.32. The monoisotopic (exact) mass is 376 g/mol. The van der Waals surface area contributed by atoms with Crippen LogP contribution < -0.4 is 10.2 Å². The smallest absolute Gasteiger partial charge is 0.414 e. The van der Waals surface area contributed by atoms with Gasteiger partial charge in [0.25, 0.3) is 0 Å². The molecule has 2 aromatic rings. The molecule has 0 unspecified atom stereocenters. The Kier molecular flexibility index (Phi) is 5.06. The van der Waals surface area contributed by atoms with Crippen LogP contribution in [0.5, 0.6) is 0 Å². The van der Waals surface area contributed by atoms with Crippen LogP contribution in [-0.4, -0.2) is 54.2 Å². The fourth-order valence-corrected chi connectivity index (χ4v) is 2.63. The summed E-state index contributed by atoms with van der Waals surface area (Å²) < 4.78 is 24.3. The molecule has 0 aliphatic carbocycles. The molecule has 9 nitrogen and oxygen atoms in total. The van der Waals surface area contributed by atoms with Crippen molar-refractivity contribution >= 4 is 23.7 Å². The number of anilines is 1. The van der Waals surface area contributed by atoms with E-state index in [0.29, 0.717) is 5.69 Å². The van der Waals surface area contributed by atoms with Crippen molar-refractivity contribution in [1.82, 2.24) is 15.3 Å². The minimum atomic E-state index is -0.628. The summed E-state index contributed by atoms with van der Waals surface area (Å²) >= 11 is 0. The van der Waals surface area contributed by atoms with Gasteiger partial charge < -0.3 is 19.8 Å². The average Bonchev–Trinajstić information content (AvgIpc) is 3.26. The van der Waals surface area contributed by atoms with Crippen molar-refractivity contribution in [2.45, 2.75) is 13.0 Å². The van der Waals surface area contributed by atoms with Crippen LogP contribution in [0.2, 0.25) is 0 Å². The molecular weight excluding hydrogens is 359 g/mol. The molecule has 1 aliphatic heterocycles. The number of benzene rings is 1. The van der Waals surface area contributed by atoms with Crippen molar-refractivity contribution in [3.05, 3.63) is 35.9 Å². The first-order valence-corrected chi connectivity index (χ1v) is 8.05. The molecule has 1 fully saturated rings. The Labute approximate surface area is 153 Å². The van der Waals surface area contributed by atoms with Crippen molar-refractivity contribution in [2.24, 2.45) is 0 Å². The van der Waals surface area contributed by atoms with E-state index >= 15 is 0 Å². The van der Waals surface area contributed by atoms with Crippen LogP contribution in [0.15, 0.2) is 24.4 Å². The summed E-state index contributed by atoms with van der Waals surface area (Å²) in [7, 11) is 1.23. The molecule has 1 aliphatic rings. The van der Waals surface area contributed by atoms with E-state index in [1.54, 1.807) is 6.07 Å².